The zero-order valence-electron chi connectivity index (χ0n) is 18.6. The van der Waals surface area contributed by atoms with Crippen molar-refractivity contribution in [3.05, 3.63) is 71.8 Å². The van der Waals surface area contributed by atoms with Gasteiger partial charge >= 0.3 is 0 Å². The lowest BCUT2D eigenvalue weighted by Gasteiger charge is -2.30. The molecule has 3 rings (SSSR count). The molecule has 1 saturated carbocycles. The minimum atomic E-state index is -0.152. The first-order valence-corrected chi connectivity index (χ1v) is 11.5. The van der Waals surface area contributed by atoms with Crippen LogP contribution in [-0.4, -0.2) is 38.3 Å². The molecule has 0 radical (unpaired) electrons. The Kier molecular flexibility index (Phi) is 10.0. The normalized spacial score (nSPS) is 19.6. The summed E-state index contributed by atoms with van der Waals surface area (Å²) >= 11 is 0. The minimum absolute atomic E-state index is 0.0632. The van der Waals surface area contributed by atoms with Crippen molar-refractivity contribution in [3.63, 3.8) is 0 Å². The van der Waals surface area contributed by atoms with Gasteiger partial charge in [-0.1, -0.05) is 60.7 Å². The number of amides is 1. The molecule has 1 aliphatic carbocycles. The van der Waals surface area contributed by atoms with Crippen LogP contribution in [0.15, 0.2) is 60.7 Å². The van der Waals surface area contributed by atoms with Gasteiger partial charge in [0.2, 0.25) is 5.91 Å². The van der Waals surface area contributed by atoms with Gasteiger partial charge in [-0.2, -0.15) is 0 Å². The third kappa shape index (κ3) is 8.44. The van der Waals surface area contributed by atoms with Gasteiger partial charge in [0.1, 0.15) is 0 Å². The smallest absolute Gasteiger partial charge is 0.237 e. The maximum atomic E-state index is 12.6. The second-order valence-corrected chi connectivity index (χ2v) is 8.35. The van der Waals surface area contributed by atoms with Gasteiger partial charge in [0.15, 0.2) is 0 Å². The number of likely N-dealkylation sites (N-methyl/N-ethyl adjacent to an activating group) is 1. The van der Waals surface area contributed by atoms with E-state index in [1.54, 1.807) is 0 Å². The van der Waals surface area contributed by atoms with Crippen LogP contribution < -0.4 is 10.6 Å². The first-order valence-electron chi connectivity index (χ1n) is 11.5. The van der Waals surface area contributed by atoms with E-state index in [4.69, 9.17) is 9.47 Å². The fraction of sp³-hybridized carbons (Fsp3) is 0.500. The van der Waals surface area contributed by atoms with Gasteiger partial charge < -0.3 is 20.1 Å². The van der Waals surface area contributed by atoms with Crippen molar-refractivity contribution >= 4 is 5.91 Å². The van der Waals surface area contributed by atoms with Crippen LogP contribution >= 0.6 is 0 Å². The van der Waals surface area contributed by atoms with Crippen LogP contribution in [0, 0.1) is 5.92 Å². The Morgan fingerprint density at radius 1 is 0.935 bits per heavy atom. The Bertz CT molecular complexity index is 746. The predicted molar refractivity (Wildman–Crippen MR) is 124 cm³/mol. The number of hydrogen-bond donors (Lipinski definition) is 2. The summed E-state index contributed by atoms with van der Waals surface area (Å²) in [5, 5.41) is 6.20. The van der Waals surface area contributed by atoms with Crippen molar-refractivity contribution in [2.45, 2.75) is 57.5 Å². The Labute approximate surface area is 186 Å². The molecular formula is C26H36N2O3. The van der Waals surface area contributed by atoms with Gasteiger partial charge in [-0.05, 0) is 56.2 Å². The summed E-state index contributed by atoms with van der Waals surface area (Å²) in [6, 6.07) is 20.3. The van der Waals surface area contributed by atoms with Crippen LogP contribution in [0.3, 0.4) is 0 Å². The van der Waals surface area contributed by atoms with Gasteiger partial charge in [-0.3, -0.25) is 4.79 Å². The Hall–Kier alpha value is -2.21. The molecule has 1 amide bonds. The first kappa shape index (κ1) is 23.5. The van der Waals surface area contributed by atoms with Gasteiger partial charge in [-0.15, -0.1) is 0 Å². The first-order chi connectivity index (χ1) is 15.2. The molecule has 2 aromatic rings. The zero-order valence-corrected chi connectivity index (χ0v) is 18.6. The number of carbonyl (C=O) groups is 1. The fourth-order valence-electron chi connectivity index (χ4n) is 4.15. The molecule has 31 heavy (non-hydrogen) atoms. The van der Waals surface area contributed by atoms with E-state index in [0.717, 1.165) is 37.7 Å². The molecule has 168 valence electrons. The SMILES string of the molecule is CNC(CC1CCC(OCc2ccccc2)CC1)C(=O)NCCOCc1ccccc1. The van der Waals surface area contributed by atoms with Gasteiger partial charge in [-0.25, -0.2) is 0 Å². The Balaban J connectivity index is 1.29. The van der Waals surface area contributed by atoms with Crippen LogP contribution in [0.4, 0.5) is 0 Å². The number of ether oxygens (including phenoxy) is 2. The Morgan fingerprint density at radius 3 is 2.16 bits per heavy atom. The summed E-state index contributed by atoms with van der Waals surface area (Å²) in [5.41, 5.74) is 2.37. The molecule has 5 nitrogen and oxygen atoms in total. The summed E-state index contributed by atoms with van der Waals surface area (Å²) in [6.45, 7) is 2.30. The topological polar surface area (TPSA) is 59.6 Å². The molecule has 5 heteroatoms. The lowest BCUT2D eigenvalue weighted by molar-refractivity contribution is -0.123. The van der Waals surface area contributed by atoms with E-state index >= 15 is 0 Å². The third-order valence-corrected chi connectivity index (χ3v) is 6.01. The molecule has 0 saturated heterocycles. The van der Waals surface area contributed by atoms with E-state index in [1.807, 2.05) is 55.6 Å². The molecule has 0 spiro atoms. The van der Waals surface area contributed by atoms with Crippen LogP contribution in [0.25, 0.3) is 0 Å². The average molecular weight is 425 g/mol. The maximum absolute atomic E-state index is 12.6. The van der Waals surface area contributed by atoms with E-state index in [0.29, 0.717) is 38.4 Å². The molecule has 0 aromatic heterocycles. The lowest BCUT2D eigenvalue weighted by atomic mass is 9.83. The van der Waals surface area contributed by atoms with E-state index in [2.05, 4.69) is 22.8 Å². The molecule has 1 unspecified atom stereocenters. The second kappa shape index (κ2) is 13.3. The van der Waals surface area contributed by atoms with E-state index in [-0.39, 0.29) is 11.9 Å². The molecule has 1 aliphatic rings. The third-order valence-electron chi connectivity index (χ3n) is 6.01. The highest BCUT2D eigenvalue weighted by Gasteiger charge is 2.26. The molecule has 1 atom stereocenters. The molecule has 1 fully saturated rings. The average Bonchev–Trinajstić information content (AvgIpc) is 2.83. The summed E-state index contributed by atoms with van der Waals surface area (Å²) in [6.07, 6.45) is 5.58. The molecule has 2 N–H and O–H groups in total. The van der Waals surface area contributed by atoms with Crippen molar-refractivity contribution in [2.75, 3.05) is 20.2 Å². The van der Waals surface area contributed by atoms with Gasteiger partial charge in [0.05, 0.1) is 32.0 Å². The molecular weight excluding hydrogens is 388 g/mol. The summed E-state index contributed by atoms with van der Waals surface area (Å²) in [4.78, 5) is 12.6. The Morgan fingerprint density at radius 2 is 1.55 bits per heavy atom. The highest BCUT2D eigenvalue weighted by molar-refractivity contribution is 5.81. The van der Waals surface area contributed by atoms with E-state index < -0.39 is 0 Å². The summed E-state index contributed by atoms with van der Waals surface area (Å²) < 4.78 is 11.7. The van der Waals surface area contributed by atoms with Crippen LogP contribution in [0.5, 0.6) is 0 Å². The van der Waals surface area contributed by atoms with Crippen molar-refractivity contribution in [3.8, 4) is 0 Å². The number of nitrogens with one attached hydrogen (secondary N) is 2. The quantitative estimate of drug-likeness (QED) is 0.504. The number of rotatable bonds is 12. The van der Waals surface area contributed by atoms with Crippen LogP contribution in [0.1, 0.15) is 43.2 Å². The van der Waals surface area contributed by atoms with Crippen LogP contribution in [0.2, 0.25) is 0 Å². The summed E-state index contributed by atoms with van der Waals surface area (Å²) in [5.74, 6) is 0.627. The van der Waals surface area contributed by atoms with Gasteiger partial charge in [0, 0.05) is 6.54 Å². The highest BCUT2D eigenvalue weighted by atomic mass is 16.5. The van der Waals surface area contributed by atoms with E-state index in [1.165, 1.54) is 5.56 Å². The zero-order chi connectivity index (χ0) is 21.7. The van der Waals surface area contributed by atoms with Crippen LogP contribution in [-0.2, 0) is 27.5 Å². The summed E-state index contributed by atoms with van der Waals surface area (Å²) in [7, 11) is 1.87. The predicted octanol–water partition coefficient (Wildman–Crippen LogP) is 4.07. The number of carbonyl (C=O) groups excluding carboxylic acids is 1. The molecule has 2 aromatic carbocycles. The second-order valence-electron chi connectivity index (χ2n) is 8.35. The standard InChI is InChI=1S/C26H36N2O3/c1-27-25(26(29)28-16-17-30-19-22-8-4-2-5-9-22)18-21-12-14-24(15-13-21)31-20-23-10-6-3-7-11-23/h2-11,21,24-25,27H,12-20H2,1H3,(H,28,29). The van der Waals surface area contributed by atoms with Gasteiger partial charge in [0.25, 0.3) is 0 Å². The van der Waals surface area contributed by atoms with Crippen molar-refractivity contribution in [1.82, 2.24) is 10.6 Å². The molecule has 0 heterocycles. The van der Waals surface area contributed by atoms with Crippen molar-refractivity contribution in [1.29, 1.82) is 0 Å². The highest BCUT2D eigenvalue weighted by Crippen LogP contribution is 2.30. The maximum Gasteiger partial charge on any atom is 0.237 e. The molecule has 0 aliphatic heterocycles. The number of benzene rings is 2. The fourth-order valence-corrected chi connectivity index (χ4v) is 4.15. The lowest BCUT2D eigenvalue weighted by Crippen LogP contribution is -2.45. The van der Waals surface area contributed by atoms with Crippen molar-refractivity contribution < 1.29 is 14.3 Å². The minimum Gasteiger partial charge on any atom is -0.375 e. The van der Waals surface area contributed by atoms with E-state index in [9.17, 15) is 4.79 Å². The molecule has 0 bridgehead atoms. The number of hydrogen-bond acceptors (Lipinski definition) is 4. The monoisotopic (exact) mass is 424 g/mol. The van der Waals surface area contributed by atoms with Crippen molar-refractivity contribution in [2.24, 2.45) is 5.92 Å². The largest absolute Gasteiger partial charge is 0.375 e.